The lowest BCUT2D eigenvalue weighted by molar-refractivity contribution is 0.0745. The first-order valence-electron chi connectivity index (χ1n) is 10.9. The Morgan fingerprint density at radius 3 is 2.53 bits per heavy atom. The van der Waals surface area contributed by atoms with E-state index >= 15 is 0 Å². The molecule has 0 saturated carbocycles. The van der Waals surface area contributed by atoms with Gasteiger partial charge in [-0.2, -0.15) is 4.98 Å². The predicted molar refractivity (Wildman–Crippen MR) is 126 cm³/mol. The second kappa shape index (κ2) is 8.68. The monoisotopic (exact) mass is 483 g/mol. The van der Waals surface area contributed by atoms with Gasteiger partial charge in [0.05, 0.1) is 12.7 Å². The van der Waals surface area contributed by atoms with Crippen molar-refractivity contribution in [2.75, 3.05) is 31.1 Å². The normalized spacial score (nSPS) is 14.7. The zero-order valence-electron chi connectivity index (χ0n) is 18.8. The summed E-state index contributed by atoms with van der Waals surface area (Å²) in [4.78, 5) is 25.4. The highest BCUT2D eigenvalue weighted by Crippen LogP contribution is 2.24. The second-order valence-corrected chi connectivity index (χ2v) is 9.22. The molecule has 11 heteroatoms. The minimum absolute atomic E-state index is 0.0416. The number of alkyl halides is 1. The second-order valence-electron chi connectivity index (χ2n) is 8.83. The maximum absolute atomic E-state index is 13.8. The number of oxazole rings is 1. The van der Waals surface area contributed by atoms with Crippen LogP contribution in [-0.2, 0) is 6.54 Å². The Balaban J connectivity index is 1.21. The highest BCUT2D eigenvalue weighted by atomic mass is 35.5. The molecule has 9 nitrogen and oxygen atoms in total. The molecule has 3 aromatic heterocycles. The van der Waals surface area contributed by atoms with Gasteiger partial charge in [0, 0.05) is 37.3 Å². The van der Waals surface area contributed by atoms with E-state index in [1.807, 2.05) is 21.9 Å². The highest BCUT2D eigenvalue weighted by molar-refractivity contribution is 6.29. The molecule has 5 rings (SSSR count). The number of amides is 1. The maximum Gasteiger partial charge on any atom is 0.300 e. The maximum atomic E-state index is 13.8. The molecule has 0 N–H and O–H groups in total. The molecule has 34 heavy (non-hydrogen) atoms. The van der Waals surface area contributed by atoms with Gasteiger partial charge in [0.25, 0.3) is 11.9 Å². The summed E-state index contributed by atoms with van der Waals surface area (Å²) in [6, 6.07) is 11.1. The third-order valence-electron chi connectivity index (χ3n) is 5.55. The number of piperazine rings is 1. The average Bonchev–Trinajstić information content (AvgIpc) is 3.44. The smallest absolute Gasteiger partial charge is 0.300 e. The SMILES string of the molecule is CC(C)(F)Cn1cc(-c2ccc(C(=O)N3CCN(c4nc5nc(Cl)ccc5o4)CC3)cc2)nn1. The van der Waals surface area contributed by atoms with Crippen molar-refractivity contribution in [2.24, 2.45) is 0 Å². The Bertz CT molecular complexity index is 1320. The van der Waals surface area contributed by atoms with Crippen LogP contribution in [0.2, 0.25) is 5.15 Å². The van der Waals surface area contributed by atoms with Gasteiger partial charge in [0.2, 0.25) is 5.65 Å². The van der Waals surface area contributed by atoms with Crippen LogP contribution < -0.4 is 4.90 Å². The predicted octanol–water partition coefficient (Wildman–Crippen LogP) is 3.85. The van der Waals surface area contributed by atoms with Gasteiger partial charge in [-0.25, -0.2) is 14.1 Å². The minimum atomic E-state index is -1.38. The molecule has 1 aliphatic rings. The van der Waals surface area contributed by atoms with Crippen molar-refractivity contribution >= 4 is 34.8 Å². The molecule has 1 amide bonds. The summed E-state index contributed by atoms with van der Waals surface area (Å²) < 4.78 is 21.1. The Hall–Kier alpha value is -3.53. The van der Waals surface area contributed by atoms with Crippen LogP contribution in [0.1, 0.15) is 24.2 Å². The van der Waals surface area contributed by atoms with E-state index in [1.54, 1.807) is 30.5 Å². The zero-order chi connectivity index (χ0) is 23.9. The number of halogens is 2. The fraction of sp³-hybridized carbons (Fsp3) is 0.348. The quantitative estimate of drug-likeness (QED) is 0.398. The molecule has 0 atom stereocenters. The third kappa shape index (κ3) is 4.72. The number of anilines is 1. The fourth-order valence-electron chi connectivity index (χ4n) is 3.88. The van der Waals surface area contributed by atoms with Gasteiger partial charge in [0.15, 0.2) is 5.58 Å². The summed E-state index contributed by atoms with van der Waals surface area (Å²) in [6.07, 6.45) is 1.70. The van der Waals surface area contributed by atoms with Crippen LogP contribution in [0.25, 0.3) is 22.5 Å². The first kappa shape index (κ1) is 22.3. The van der Waals surface area contributed by atoms with Gasteiger partial charge in [-0.1, -0.05) is 28.9 Å². The lowest BCUT2D eigenvalue weighted by Gasteiger charge is -2.33. The van der Waals surface area contributed by atoms with Gasteiger partial charge in [-0.05, 0) is 38.1 Å². The topological polar surface area (TPSA) is 93.2 Å². The van der Waals surface area contributed by atoms with Gasteiger partial charge in [-0.15, -0.1) is 5.10 Å². The van der Waals surface area contributed by atoms with E-state index in [1.165, 1.54) is 18.5 Å². The van der Waals surface area contributed by atoms with Crippen LogP contribution in [0.3, 0.4) is 0 Å². The van der Waals surface area contributed by atoms with Crippen molar-refractivity contribution in [3.05, 3.63) is 53.3 Å². The summed E-state index contributed by atoms with van der Waals surface area (Å²) >= 11 is 5.92. The number of benzene rings is 1. The molecule has 0 unspecified atom stereocenters. The van der Waals surface area contributed by atoms with Crippen molar-refractivity contribution in [1.29, 1.82) is 0 Å². The number of hydrogen-bond donors (Lipinski definition) is 0. The molecule has 0 radical (unpaired) electrons. The molecule has 1 fully saturated rings. The van der Waals surface area contributed by atoms with Crippen LogP contribution in [0.5, 0.6) is 0 Å². The molecule has 0 bridgehead atoms. The van der Waals surface area contributed by atoms with Crippen LogP contribution in [0.4, 0.5) is 10.4 Å². The number of rotatable bonds is 5. The third-order valence-corrected chi connectivity index (χ3v) is 5.76. The Morgan fingerprint density at radius 2 is 1.82 bits per heavy atom. The van der Waals surface area contributed by atoms with Crippen LogP contribution >= 0.6 is 11.6 Å². The number of pyridine rings is 1. The van der Waals surface area contributed by atoms with Crippen molar-refractivity contribution in [1.82, 2.24) is 29.9 Å². The molecule has 4 aromatic rings. The first-order chi connectivity index (χ1) is 16.2. The van der Waals surface area contributed by atoms with E-state index in [4.69, 9.17) is 16.0 Å². The van der Waals surface area contributed by atoms with Gasteiger partial charge in [-0.3, -0.25) is 4.79 Å². The molecule has 1 aromatic carbocycles. The Labute approximate surface area is 200 Å². The summed E-state index contributed by atoms with van der Waals surface area (Å²) in [6.45, 7) is 5.39. The van der Waals surface area contributed by atoms with Gasteiger partial charge >= 0.3 is 0 Å². The van der Waals surface area contributed by atoms with E-state index in [0.29, 0.717) is 59.8 Å². The fourth-order valence-corrected chi connectivity index (χ4v) is 4.02. The van der Waals surface area contributed by atoms with Crippen molar-refractivity contribution in [3.8, 4) is 11.3 Å². The standard InChI is InChI=1S/C23H23ClFN7O2/c1-23(2,25)14-32-13-17(28-29-32)15-3-5-16(6-4-15)21(33)30-9-11-31(12-10-30)22-27-20-18(34-22)7-8-19(24)26-20/h3-8,13H,9-12,14H2,1-2H3. The van der Waals surface area contributed by atoms with E-state index in [-0.39, 0.29) is 12.5 Å². The Morgan fingerprint density at radius 1 is 1.09 bits per heavy atom. The van der Waals surface area contributed by atoms with E-state index < -0.39 is 5.67 Å². The van der Waals surface area contributed by atoms with Crippen molar-refractivity contribution in [3.63, 3.8) is 0 Å². The molecule has 0 spiro atoms. The van der Waals surface area contributed by atoms with E-state index in [2.05, 4.69) is 20.3 Å². The molecule has 1 aliphatic heterocycles. The Kier molecular flexibility index (Phi) is 5.68. The first-order valence-corrected chi connectivity index (χ1v) is 11.3. The number of hydrogen-bond acceptors (Lipinski definition) is 7. The van der Waals surface area contributed by atoms with Crippen LogP contribution in [0.15, 0.2) is 47.0 Å². The van der Waals surface area contributed by atoms with Gasteiger partial charge < -0.3 is 14.2 Å². The van der Waals surface area contributed by atoms with E-state index in [0.717, 1.165) is 5.56 Å². The van der Waals surface area contributed by atoms with Crippen LogP contribution in [-0.4, -0.2) is 67.6 Å². The summed E-state index contributed by atoms with van der Waals surface area (Å²) in [7, 11) is 0. The molecular formula is C23H23ClFN7O2. The highest BCUT2D eigenvalue weighted by Gasteiger charge is 2.25. The van der Waals surface area contributed by atoms with Crippen molar-refractivity contribution < 1.29 is 13.6 Å². The van der Waals surface area contributed by atoms with Gasteiger partial charge in [0.1, 0.15) is 16.5 Å². The molecule has 1 saturated heterocycles. The summed E-state index contributed by atoms with van der Waals surface area (Å²) in [5, 5.41) is 8.46. The molecule has 4 heterocycles. The summed E-state index contributed by atoms with van der Waals surface area (Å²) in [5.41, 5.74) is 1.70. The largest absolute Gasteiger partial charge is 0.422 e. The average molecular weight is 484 g/mol. The zero-order valence-corrected chi connectivity index (χ0v) is 19.5. The van der Waals surface area contributed by atoms with Crippen molar-refractivity contribution in [2.45, 2.75) is 26.1 Å². The lowest BCUT2D eigenvalue weighted by atomic mass is 10.1. The number of fused-ring (bicyclic) bond motifs is 1. The number of carbonyl (C=O) groups is 1. The van der Waals surface area contributed by atoms with Crippen LogP contribution in [0, 0.1) is 0 Å². The number of carbonyl (C=O) groups excluding carboxylic acids is 1. The number of aromatic nitrogens is 5. The minimum Gasteiger partial charge on any atom is -0.422 e. The lowest BCUT2D eigenvalue weighted by Crippen LogP contribution is -2.48. The molecule has 0 aliphatic carbocycles. The molecule has 176 valence electrons. The molecular weight excluding hydrogens is 461 g/mol. The number of nitrogens with zero attached hydrogens (tertiary/aromatic N) is 7. The summed E-state index contributed by atoms with van der Waals surface area (Å²) in [5.74, 6) is -0.0416. The van der Waals surface area contributed by atoms with E-state index in [9.17, 15) is 9.18 Å².